The Balaban J connectivity index is 2.16. The van der Waals surface area contributed by atoms with Crippen LogP contribution in [0.2, 0.25) is 0 Å². The molecule has 0 N–H and O–H groups in total. The number of methoxy groups -OCH3 is 2. The van der Waals surface area contributed by atoms with Gasteiger partial charge in [-0.3, -0.25) is 0 Å². The van der Waals surface area contributed by atoms with E-state index in [1.807, 2.05) is 0 Å². The van der Waals surface area contributed by atoms with E-state index in [-0.39, 0.29) is 0 Å². The van der Waals surface area contributed by atoms with Gasteiger partial charge in [0.1, 0.15) is 22.8 Å². The maximum absolute atomic E-state index is 12.0. The zero-order valence-electron chi connectivity index (χ0n) is 10.8. The molecule has 0 saturated carbocycles. The highest BCUT2D eigenvalue weighted by atomic mass is 16.5. The fourth-order valence-electron chi connectivity index (χ4n) is 1.62. The first-order valence-corrected chi connectivity index (χ1v) is 5.74. The molecule has 0 heterocycles. The first kappa shape index (κ1) is 13.0. The Morgan fingerprint density at radius 2 is 1.47 bits per heavy atom. The van der Waals surface area contributed by atoms with Gasteiger partial charge >= 0.3 is 5.97 Å². The molecule has 0 aliphatic carbocycles. The highest BCUT2D eigenvalue weighted by molar-refractivity contribution is 5.93. The minimum Gasteiger partial charge on any atom is -0.497 e. The Morgan fingerprint density at radius 1 is 0.842 bits per heavy atom. The average Bonchev–Trinajstić information content (AvgIpc) is 2.48. The summed E-state index contributed by atoms with van der Waals surface area (Å²) in [5, 5.41) is 0. The van der Waals surface area contributed by atoms with E-state index in [1.54, 1.807) is 55.6 Å². The second-order valence-corrected chi connectivity index (χ2v) is 3.77. The highest BCUT2D eigenvalue weighted by Gasteiger charge is 2.13. The van der Waals surface area contributed by atoms with E-state index in [0.29, 0.717) is 22.8 Å². The molecule has 0 aromatic heterocycles. The van der Waals surface area contributed by atoms with E-state index in [1.165, 1.54) is 7.11 Å². The lowest BCUT2D eigenvalue weighted by Gasteiger charge is -2.08. The van der Waals surface area contributed by atoms with Crippen LogP contribution < -0.4 is 14.2 Å². The Kier molecular flexibility index (Phi) is 4.03. The molecule has 0 radical (unpaired) electrons. The molecule has 0 amide bonds. The molecule has 2 aromatic rings. The van der Waals surface area contributed by atoms with E-state index in [4.69, 9.17) is 14.2 Å². The summed E-state index contributed by atoms with van der Waals surface area (Å²) in [4.78, 5) is 12.0. The van der Waals surface area contributed by atoms with Crippen LogP contribution in [-0.2, 0) is 0 Å². The van der Waals surface area contributed by atoms with Gasteiger partial charge in [0.15, 0.2) is 0 Å². The van der Waals surface area contributed by atoms with Crippen LogP contribution in [0.1, 0.15) is 10.4 Å². The van der Waals surface area contributed by atoms with Crippen LogP contribution in [0.3, 0.4) is 0 Å². The minimum absolute atomic E-state index is 0.390. The molecule has 0 bridgehead atoms. The third-order valence-electron chi connectivity index (χ3n) is 2.60. The normalized spacial score (nSPS) is 9.79. The van der Waals surface area contributed by atoms with Gasteiger partial charge in [-0.15, -0.1) is 0 Å². The minimum atomic E-state index is -0.456. The quantitative estimate of drug-likeness (QED) is 0.624. The summed E-state index contributed by atoms with van der Waals surface area (Å²) < 4.78 is 15.4. The molecule has 0 aliphatic rings. The van der Waals surface area contributed by atoms with Crippen molar-refractivity contribution in [3.05, 3.63) is 54.1 Å². The van der Waals surface area contributed by atoms with Crippen LogP contribution in [-0.4, -0.2) is 20.2 Å². The molecule has 0 atom stereocenters. The van der Waals surface area contributed by atoms with Crippen molar-refractivity contribution < 1.29 is 19.0 Å². The fraction of sp³-hybridized carbons (Fsp3) is 0.133. The average molecular weight is 258 g/mol. The first-order chi connectivity index (χ1) is 9.24. The van der Waals surface area contributed by atoms with Gasteiger partial charge in [-0.25, -0.2) is 4.79 Å². The number of rotatable bonds is 4. The number of carbonyl (C=O) groups is 1. The first-order valence-electron chi connectivity index (χ1n) is 5.74. The molecule has 0 aliphatic heterocycles. The molecule has 0 unspecified atom stereocenters. The largest absolute Gasteiger partial charge is 0.497 e. The second kappa shape index (κ2) is 5.91. The van der Waals surface area contributed by atoms with Crippen molar-refractivity contribution in [1.29, 1.82) is 0 Å². The van der Waals surface area contributed by atoms with Gasteiger partial charge in [0, 0.05) is 0 Å². The third kappa shape index (κ3) is 3.04. The standard InChI is InChI=1S/C15H14O4/c1-17-11-7-9-12(10-8-11)19-15(16)13-5-3-4-6-14(13)18-2/h3-10H,1-2H3. The van der Waals surface area contributed by atoms with Crippen LogP contribution in [0.25, 0.3) is 0 Å². The number of benzene rings is 2. The fourth-order valence-corrected chi connectivity index (χ4v) is 1.62. The van der Waals surface area contributed by atoms with Gasteiger partial charge in [-0.05, 0) is 36.4 Å². The molecular weight excluding hydrogens is 244 g/mol. The monoisotopic (exact) mass is 258 g/mol. The summed E-state index contributed by atoms with van der Waals surface area (Å²) in [5.74, 6) is 1.19. The SMILES string of the molecule is COc1ccc(OC(=O)c2ccccc2OC)cc1. The Hall–Kier alpha value is -2.49. The summed E-state index contributed by atoms with van der Waals surface area (Å²) >= 11 is 0. The second-order valence-electron chi connectivity index (χ2n) is 3.77. The molecule has 0 spiro atoms. The van der Waals surface area contributed by atoms with E-state index >= 15 is 0 Å². The molecule has 98 valence electrons. The maximum Gasteiger partial charge on any atom is 0.347 e. The summed E-state index contributed by atoms with van der Waals surface area (Å²) in [6, 6.07) is 13.7. The zero-order valence-corrected chi connectivity index (χ0v) is 10.8. The highest BCUT2D eigenvalue weighted by Crippen LogP contribution is 2.22. The smallest absolute Gasteiger partial charge is 0.347 e. The lowest BCUT2D eigenvalue weighted by molar-refractivity contribution is 0.0731. The number of ether oxygens (including phenoxy) is 3. The Labute approximate surface area is 111 Å². The van der Waals surface area contributed by atoms with Crippen molar-refractivity contribution in [1.82, 2.24) is 0 Å². The van der Waals surface area contributed by atoms with Gasteiger partial charge in [-0.2, -0.15) is 0 Å². The van der Waals surface area contributed by atoms with Crippen molar-refractivity contribution in [3.63, 3.8) is 0 Å². The number of hydrogen-bond donors (Lipinski definition) is 0. The van der Waals surface area contributed by atoms with E-state index < -0.39 is 5.97 Å². The van der Waals surface area contributed by atoms with Crippen LogP contribution >= 0.6 is 0 Å². The molecule has 4 heteroatoms. The zero-order chi connectivity index (χ0) is 13.7. The topological polar surface area (TPSA) is 44.8 Å². The van der Waals surface area contributed by atoms with Crippen LogP contribution in [0.4, 0.5) is 0 Å². The number of esters is 1. The lowest BCUT2D eigenvalue weighted by Crippen LogP contribution is -2.09. The van der Waals surface area contributed by atoms with E-state index in [2.05, 4.69) is 0 Å². The van der Waals surface area contributed by atoms with Crippen molar-refractivity contribution >= 4 is 5.97 Å². The van der Waals surface area contributed by atoms with Gasteiger partial charge in [0.2, 0.25) is 0 Å². The van der Waals surface area contributed by atoms with Gasteiger partial charge in [0.25, 0.3) is 0 Å². The number of hydrogen-bond acceptors (Lipinski definition) is 4. The van der Waals surface area contributed by atoms with Crippen molar-refractivity contribution in [2.75, 3.05) is 14.2 Å². The summed E-state index contributed by atoms with van der Waals surface area (Å²) in [5.41, 5.74) is 0.390. The predicted molar refractivity (Wildman–Crippen MR) is 70.9 cm³/mol. The predicted octanol–water partition coefficient (Wildman–Crippen LogP) is 2.92. The lowest BCUT2D eigenvalue weighted by atomic mass is 10.2. The van der Waals surface area contributed by atoms with Gasteiger partial charge in [0.05, 0.1) is 14.2 Å². The van der Waals surface area contributed by atoms with Crippen LogP contribution in [0, 0.1) is 0 Å². The van der Waals surface area contributed by atoms with Crippen LogP contribution in [0.5, 0.6) is 17.2 Å². The summed E-state index contributed by atoms with van der Waals surface area (Å²) in [6.45, 7) is 0. The molecule has 0 saturated heterocycles. The van der Waals surface area contributed by atoms with Crippen molar-refractivity contribution in [2.24, 2.45) is 0 Å². The molecule has 19 heavy (non-hydrogen) atoms. The van der Waals surface area contributed by atoms with Gasteiger partial charge < -0.3 is 14.2 Å². The number of para-hydroxylation sites is 1. The van der Waals surface area contributed by atoms with Crippen molar-refractivity contribution in [2.45, 2.75) is 0 Å². The van der Waals surface area contributed by atoms with Crippen molar-refractivity contribution in [3.8, 4) is 17.2 Å². The van der Waals surface area contributed by atoms with Crippen LogP contribution in [0.15, 0.2) is 48.5 Å². The molecular formula is C15H14O4. The van der Waals surface area contributed by atoms with Gasteiger partial charge in [-0.1, -0.05) is 12.1 Å². The maximum atomic E-state index is 12.0. The Morgan fingerprint density at radius 3 is 2.11 bits per heavy atom. The third-order valence-corrected chi connectivity index (χ3v) is 2.60. The summed E-state index contributed by atoms with van der Waals surface area (Å²) in [6.07, 6.45) is 0. The molecule has 0 fully saturated rings. The van der Waals surface area contributed by atoms with E-state index in [9.17, 15) is 4.79 Å². The summed E-state index contributed by atoms with van der Waals surface area (Å²) in [7, 11) is 3.09. The number of carbonyl (C=O) groups excluding carboxylic acids is 1. The molecule has 2 rings (SSSR count). The molecule has 4 nitrogen and oxygen atoms in total. The molecule has 2 aromatic carbocycles. The van der Waals surface area contributed by atoms with E-state index in [0.717, 1.165) is 0 Å². The Bertz CT molecular complexity index is 561.